The van der Waals surface area contributed by atoms with E-state index in [-0.39, 0.29) is 29.1 Å². The third-order valence-electron chi connectivity index (χ3n) is 7.29. The van der Waals surface area contributed by atoms with Crippen LogP contribution in [0, 0.1) is 5.92 Å². The first kappa shape index (κ1) is 24.5. The lowest BCUT2D eigenvalue weighted by atomic mass is 9.83. The molecule has 10 heteroatoms. The van der Waals surface area contributed by atoms with E-state index >= 15 is 0 Å². The number of thioether (sulfide) groups is 1. The minimum Gasteiger partial charge on any atom is -0.341 e. The molecule has 0 radical (unpaired) electrons. The number of nitrogens with zero attached hydrogens (tertiary/aromatic N) is 3. The van der Waals surface area contributed by atoms with E-state index in [1.54, 1.807) is 36.4 Å². The van der Waals surface area contributed by atoms with E-state index in [9.17, 15) is 19.2 Å². The van der Waals surface area contributed by atoms with Crippen LogP contribution in [-0.4, -0.2) is 45.5 Å². The van der Waals surface area contributed by atoms with E-state index in [4.69, 9.17) is 11.6 Å². The highest BCUT2D eigenvalue weighted by atomic mass is 35.5. The molecule has 0 saturated carbocycles. The van der Waals surface area contributed by atoms with Gasteiger partial charge >= 0.3 is 4.87 Å². The standard InChI is InChI=1S/C27H24ClN3O4S2/c28-17-11-9-16(10-12-17)20-21-22(25(34)31(24(21)33)18-7-3-1-4-8-18)36-26-23(20)37-27(35)30(26)15-19(32)29-13-5-2-6-14-29/h1,3-4,7-12,20-22H,2,5-6,13-15H2/t20-,21?,22?/m1/s1. The highest BCUT2D eigenvalue weighted by Crippen LogP contribution is 2.53. The smallest absolute Gasteiger partial charge is 0.308 e. The first-order valence-corrected chi connectivity index (χ1v) is 14.4. The van der Waals surface area contributed by atoms with Gasteiger partial charge in [-0.05, 0) is 49.1 Å². The zero-order chi connectivity index (χ0) is 25.7. The summed E-state index contributed by atoms with van der Waals surface area (Å²) in [4.78, 5) is 57.4. The molecule has 0 spiro atoms. The number of imide groups is 1. The van der Waals surface area contributed by atoms with Gasteiger partial charge in [-0.25, -0.2) is 4.90 Å². The molecule has 3 amide bonds. The fourth-order valence-electron chi connectivity index (χ4n) is 5.49. The van der Waals surface area contributed by atoms with Crippen LogP contribution in [0.5, 0.6) is 0 Å². The van der Waals surface area contributed by atoms with Crippen molar-refractivity contribution in [1.82, 2.24) is 9.47 Å². The molecular weight excluding hydrogens is 530 g/mol. The summed E-state index contributed by atoms with van der Waals surface area (Å²) in [6, 6.07) is 16.1. The van der Waals surface area contributed by atoms with Crippen LogP contribution in [-0.2, 0) is 20.9 Å². The van der Waals surface area contributed by atoms with E-state index in [1.807, 2.05) is 23.1 Å². The molecule has 190 valence electrons. The summed E-state index contributed by atoms with van der Waals surface area (Å²) in [5.74, 6) is -1.84. The molecule has 2 saturated heterocycles. The third-order valence-corrected chi connectivity index (χ3v) is 10.2. The third kappa shape index (κ3) is 4.23. The van der Waals surface area contributed by atoms with Crippen LogP contribution in [0.25, 0.3) is 0 Å². The van der Waals surface area contributed by atoms with Gasteiger partial charge in [0.2, 0.25) is 17.7 Å². The second-order valence-electron chi connectivity index (χ2n) is 9.51. The van der Waals surface area contributed by atoms with Crippen LogP contribution in [0.1, 0.15) is 35.6 Å². The number of anilines is 1. The summed E-state index contributed by atoms with van der Waals surface area (Å²) in [5.41, 5.74) is 1.34. The number of piperidine rings is 1. The largest absolute Gasteiger partial charge is 0.341 e. The molecule has 3 aliphatic heterocycles. The first-order chi connectivity index (χ1) is 17.9. The molecule has 2 fully saturated rings. The number of para-hydroxylation sites is 1. The maximum atomic E-state index is 13.8. The Labute approximate surface area is 227 Å². The maximum absolute atomic E-state index is 13.8. The van der Waals surface area contributed by atoms with Gasteiger partial charge in [0.25, 0.3) is 0 Å². The van der Waals surface area contributed by atoms with Crippen molar-refractivity contribution >= 4 is 58.1 Å². The molecule has 2 unspecified atom stereocenters. The topological polar surface area (TPSA) is 79.7 Å². The summed E-state index contributed by atoms with van der Waals surface area (Å²) in [5, 5.41) is 0.465. The minimum atomic E-state index is -0.703. The van der Waals surface area contributed by atoms with Crippen LogP contribution in [0.4, 0.5) is 5.69 Å². The van der Waals surface area contributed by atoms with Crippen LogP contribution in [0.3, 0.4) is 0 Å². The Morgan fingerprint density at radius 3 is 2.32 bits per heavy atom. The number of thiazole rings is 1. The summed E-state index contributed by atoms with van der Waals surface area (Å²) in [6.45, 7) is 1.33. The Bertz CT molecular complexity index is 1430. The number of likely N-dealkylation sites (tertiary alicyclic amines) is 1. The summed E-state index contributed by atoms with van der Waals surface area (Å²) >= 11 is 8.45. The minimum absolute atomic E-state index is 0.0626. The van der Waals surface area contributed by atoms with E-state index in [0.29, 0.717) is 28.8 Å². The van der Waals surface area contributed by atoms with Gasteiger partial charge in [-0.2, -0.15) is 0 Å². The van der Waals surface area contributed by atoms with Crippen LogP contribution in [0.2, 0.25) is 5.02 Å². The second kappa shape index (κ2) is 9.78. The van der Waals surface area contributed by atoms with Crippen molar-refractivity contribution in [3.8, 4) is 0 Å². The quantitative estimate of drug-likeness (QED) is 0.448. The number of amides is 3. The number of aromatic nitrogens is 1. The molecule has 7 nitrogen and oxygen atoms in total. The van der Waals surface area contributed by atoms with Gasteiger partial charge in [-0.15, -0.1) is 0 Å². The molecular formula is C27H24ClN3O4S2. The van der Waals surface area contributed by atoms with E-state index in [0.717, 1.165) is 41.0 Å². The number of hydrogen-bond donors (Lipinski definition) is 0. The van der Waals surface area contributed by atoms with Gasteiger partial charge < -0.3 is 4.90 Å². The Morgan fingerprint density at radius 2 is 1.62 bits per heavy atom. The number of carbonyl (C=O) groups is 3. The van der Waals surface area contributed by atoms with Gasteiger partial charge in [-0.3, -0.25) is 23.7 Å². The molecule has 6 rings (SSSR count). The molecule has 3 aromatic rings. The van der Waals surface area contributed by atoms with Crippen molar-refractivity contribution in [3.05, 3.63) is 79.7 Å². The lowest BCUT2D eigenvalue weighted by Crippen LogP contribution is -2.39. The van der Waals surface area contributed by atoms with Gasteiger partial charge in [0, 0.05) is 28.9 Å². The Morgan fingerprint density at radius 1 is 0.919 bits per heavy atom. The maximum Gasteiger partial charge on any atom is 0.308 e. The number of fused-ring (bicyclic) bond motifs is 2. The lowest BCUT2D eigenvalue weighted by Gasteiger charge is -2.31. The molecule has 2 aromatic carbocycles. The summed E-state index contributed by atoms with van der Waals surface area (Å²) in [7, 11) is 0. The van der Waals surface area contributed by atoms with E-state index < -0.39 is 17.1 Å². The highest BCUT2D eigenvalue weighted by Gasteiger charge is 2.56. The van der Waals surface area contributed by atoms with E-state index in [2.05, 4.69) is 0 Å². The Hall–Kier alpha value is -2.88. The normalized spacial score (nSPS) is 23.2. The molecule has 0 bridgehead atoms. The van der Waals surface area contributed by atoms with Gasteiger partial charge in [0.05, 0.1) is 16.6 Å². The van der Waals surface area contributed by atoms with Crippen molar-refractivity contribution in [3.63, 3.8) is 0 Å². The zero-order valence-corrected chi connectivity index (χ0v) is 22.2. The molecule has 3 aliphatic rings. The monoisotopic (exact) mass is 553 g/mol. The highest BCUT2D eigenvalue weighted by molar-refractivity contribution is 8.00. The number of carbonyl (C=O) groups excluding carboxylic acids is 3. The van der Waals surface area contributed by atoms with Gasteiger partial charge in [0.15, 0.2) is 0 Å². The number of benzene rings is 2. The van der Waals surface area contributed by atoms with Gasteiger partial charge in [0.1, 0.15) is 11.8 Å². The average molecular weight is 554 g/mol. The molecule has 4 heterocycles. The molecule has 37 heavy (non-hydrogen) atoms. The Kier molecular flexibility index (Phi) is 6.46. The first-order valence-electron chi connectivity index (χ1n) is 12.3. The van der Waals surface area contributed by atoms with Crippen molar-refractivity contribution in [2.75, 3.05) is 18.0 Å². The molecule has 0 aliphatic carbocycles. The molecule has 3 atom stereocenters. The van der Waals surface area contributed by atoms with Crippen molar-refractivity contribution in [2.24, 2.45) is 5.92 Å². The Balaban J connectivity index is 1.44. The van der Waals surface area contributed by atoms with E-state index in [1.165, 1.54) is 21.2 Å². The number of halogens is 1. The number of hydrogen-bond acceptors (Lipinski definition) is 6. The van der Waals surface area contributed by atoms with Crippen molar-refractivity contribution in [2.45, 2.75) is 42.0 Å². The van der Waals surface area contributed by atoms with Crippen LogP contribution in [0.15, 0.2) is 64.4 Å². The van der Waals surface area contributed by atoms with Crippen LogP contribution < -0.4 is 9.77 Å². The second-order valence-corrected chi connectivity index (χ2v) is 12.1. The fraction of sp³-hybridized carbons (Fsp3) is 0.333. The zero-order valence-electron chi connectivity index (χ0n) is 19.8. The summed E-state index contributed by atoms with van der Waals surface area (Å²) < 4.78 is 1.50. The predicted octanol–water partition coefficient (Wildman–Crippen LogP) is 4.37. The SMILES string of the molecule is O=C(Cn1c2c(sc1=O)[C@H](c1ccc(Cl)cc1)C1C(=O)N(c3ccccc3)C(=O)C1S2)N1CCCCC1. The van der Waals surface area contributed by atoms with Crippen molar-refractivity contribution in [1.29, 1.82) is 0 Å². The number of rotatable bonds is 4. The van der Waals surface area contributed by atoms with Crippen molar-refractivity contribution < 1.29 is 14.4 Å². The molecule has 1 aromatic heterocycles. The van der Waals surface area contributed by atoms with Gasteiger partial charge in [-0.1, -0.05) is 65.0 Å². The lowest BCUT2D eigenvalue weighted by molar-refractivity contribution is -0.133. The van der Waals surface area contributed by atoms with Crippen LogP contribution >= 0.6 is 34.7 Å². The average Bonchev–Trinajstić information content (AvgIpc) is 3.36. The summed E-state index contributed by atoms with van der Waals surface area (Å²) in [6.07, 6.45) is 3.03. The fourth-order valence-corrected chi connectivity index (χ4v) is 8.39. The predicted molar refractivity (Wildman–Crippen MR) is 144 cm³/mol. The molecule has 0 N–H and O–H groups in total.